The van der Waals surface area contributed by atoms with Gasteiger partial charge in [0.2, 0.25) is 0 Å². The molecule has 0 fully saturated rings. The van der Waals surface area contributed by atoms with Crippen molar-refractivity contribution in [2.75, 3.05) is 0 Å². The van der Waals surface area contributed by atoms with Crippen LogP contribution in [0.15, 0.2) is 35.1 Å². The van der Waals surface area contributed by atoms with Gasteiger partial charge in [0.25, 0.3) is 11.5 Å². The fourth-order valence-corrected chi connectivity index (χ4v) is 2.54. The van der Waals surface area contributed by atoms with Crippen LogP contribution in [0.3, 0.4) is 0 Å². The Morgan fingerprint density at radius 3 is 2.35 bits per heavy atom. The van der Waals surface area contributed by atoms with Crippen molar-refractivity contribution >= 4 is 5.91 Å². The zero-order chi connectivity index (χ0) is 19.5. The summed E-state index contributed by atoms with van der Waals surface area (Å²) in [5.74, 6) is -0.120. The molecule has 0 unspecified atom stereocenters. The number of ether oxygens (including phenoxy) is 1. The van der Waals surface area contributed by atoms with Gasteiger partial charge >= 0.3 is 6.61 Å². The average Bonchev–Trinajstić information content (AvgIpc) is 2.50. The Balaban J connectivity index is 2.28. The molecular formula is C18H21F2N3O3. The first-order valence-corrected chi connectivity index (χ1v) is 8.00. The van der Waals surface area contributed by atoms with Crippen molar-refractivity contribution < 1.29 is 18.3 Å². The van der Waals surface area contributed by atoms with Crippen molar-refractivity contribution in [3.8, 4) is 5.75 Å². The van der Waals surface area contributed by atoms with E-state index in [0.29, 0.717) is 11.4 Å². The van der Waals surface area contributed by atoms with E-state index in [0.717, 1.165) is 6.07 Å². The van der Waals surface area contributed by atoms with Crippen LogP contribution in [0.4, 0.5) is 8.78 Å². The van der Waals surface area contributed by atoms with E-state index in [2.05, 4.69) is 20.0 Å². The van der Waals surface area contributed by atoms with Crippen LogP contribution in [0.25, 0.3) is 0 Å². The van der Waals surface area contributed by atoms with Crippen LogP contribution in [0.2, 0.25) is 0 Å². The fourth-order valence-electron chi connectivity index (χ4n) is 2.54. The quantitative estimate of drug-likeness (QED) is 0.852. The smallest absolute Gasteiger partial charge is 0.387 e. The summed E-state index contributed by atoms with van der Waals surface area (Å²) >= 11 is 0. The normalized spacial score (nSPS) is 12.7. The molecule has 8 heteroatoms. The molecule has 2 aromatic rings. The van der Waals surface area contributed by atoms with Crippen LogP contribution in [-0.2, 0) is 0 Å². The second-order valence-electron chi connectivity index (χ2n) is 6.94. The Hall–Kier alpha value is -2.77. The number of hydrogen-bond donors (Lipinski definition) is 2. The number of carbonyl (C=O) groups is 1. The van der Waals surface area contributed by atoms with E-state index in [1.807, 2.05) is 20.8 Å². The molecule has 1 aromatic carbocycles. The van der Waals surface area contributed by atoms with Gasteiger partial charge in [-0.2, -0.15) is 8.78 Å². The van der Waals surface area contributed by atoms with Crippen LogP contribution in [0, 0.1) is 12.3 Å². The van der Waals surface area contributed by atoms with Crippen molar-refractivity contribution in [2.24, 2.45) is 5.41 Å². The molecule has 0 aliphatic heterocycles. The molecule has 140 valence electrons. The van der Waals surface area contributed by atoms with Gasteiger partial charge in [-0.1, -0.05) is 32.9 Å². The second-order valence-corrected chi connectivity index (χ2v) is 6.94. The van der Waals surface area contributed by atoms with Crippen LogP contribution >= 0.6 is 0 Å². The highest BCUT2D eigenvalue weighted by Crippen LogP contribution is 2.33. The van der Waals surface area contributed by atoms with Crippen molar-refractivity contribution in [2.45, 2.75) is 40.3 Å². The maximum absolute atomic E-state index is 12.5. The molecule has 6 nitrogen and oxygen atoms in total. The third-order valence-electron chi connectivity index (χ3n) is 3.67. The summed E-state index contributed by atoms with van der Waals surface area (Å²) in [4.78, 5) is 30.6. The number of aryl methyl sites for hydroxylation is 1. The SMILES string of the molecule is Cc1nc(C(=O)N[C@@H](c2ccc(OC(F)F)cc2)C(C)(C)C)cc(=O)[nH]1. The summed E-state index contributed by atoms with van der Waals surface area (Å²) < 4.78 is 28.9. The van der Waals surface area contributed by atoms with Crippen LogP contribution < -0.4 is 15.6 Å². The summed E-state index contributed by atoms with van der Waals surface area (Å²) in [7, 11) is 0. The zero-order valence-corrected chi connectivity index (χ0v) is 15.0. The molecule has 1 amide bonds. The lowest BCUT2D eigenvalue weighted by Crippen LogP contribution is -2.37. The molecule has 0 aliphatic carbocycles. The Morgan fingerprint density at radius 1 is 1.23 bits per heavy atom. The largest absolute Gasteiger partial charge is 0.435 e. The van der Waals surface area contributed by atoms with Crippen LogP contribution in [0.5, 0.6) is 5.75 Å². The number of aromatic nitrogens is 2. The molecule has 2 rings (SSSR count). The number of carbonyl (C=O) groups excluding carboxylic acids is 1. The molecular weight excluding hydrogens is 344 g/mol. The molecule has 1 aromatic heterocycles. The molecule has 26 heavy (non-hydrogen) atoms. The molecule has 1 atom stereocenters. The summed E-state index contributed by atoms with van der Waals surface area (Å²) in [6.07, 6.45) is 0. The molecule has 0 aliphatic rings. The molecule has 0 radical (unpaired) electrons. The van der Waals surface area contributed by atoms with Gasteiger partial charge in [-0.15, -0.1) is 0 Å². The lowest BCUT2D eigenvalue weighted by molar-refractivity contribution is -0.0498. The predicted molar refractivity (Wildman–Crippen MR) is 92.3 cm³/mol. The van der Waals surface area contributed by atoms with Gasteiger partial charge in [0, 0.05) is 6.07 Å². The van der Waals surface area contributed by atoms with E-state index >= 15 is 0 Å². The number of amides is 1. The number of alkyl halides is 2. The third-order valence-corrected chi connectivity index (χ3v) is 3.67. The highest BCUT2D eigenvalue weighted by molar-refractivity contribution is 5.92. The Labute approximate surface area is 149 Å². The van der Waals surface area contributed by atoms with Crippen molar-refractivity contribution in [1.29, 1.82) is 0 Å². The first-order chi connectivity index (χ1) is 12.1. The van der Waals surface area contributed by atoms with E-state index in [1.165, 1.54) is 12.1 Å². The van der Waals surface area contributed by atoms with E-state index in [1.54, 1.807) is 19.1 Å². The van der Waals surface area contributed by atoms with E-state index < -0.39 is 24.1 Å². The number of rotatable bonds is 5. The van der Waals surface area contributed by atoms with Crippen molar-refractivity contribution in [3.63, 3.8) is 0 Å². The summed E-state index contributed by atoms with van der Waals surface area (Å²) in [6, 6.07) is 6.76. The molecule has 0 saturated heterocycles. The number of halogens is 2. The van der Waals surface area contributed by atoms with Crippen LogP contribution in [-0.4, -0.2) is 22.5 Å². The molecule has 1 heterocycles. The minimum Gasteiger partial charge on any atom is -0.435 e. The number of H-pyrrole nitrogens is 1. The minimum atomic E-state index is -2.90. The monoisotopic (exact) mass is 365 g/mol. The molecule has 0 spiro atoms. The molecule has 2 N–H and O–H groups in total. The first-order valence-electron chi connectivity index (χ1n) is 8.00. The van der Waals surface area contributed by atoms with E-state index in [9.17, 15) is 18.4 Å². The van der Waals surface area contributed by atoms with Crippen molar-refractivity contribution in [3.05, 3.63) is 57.8 Å². The fraction of sp³-hybridized carbons (Fsp3) is 0.389. The lowest BCUT2D eigenvalue weighted by Gasteiger charge is -2.32. The van der Waals surface area contributed by atoms with Gasteiger partial charge in [0.05, 0.1) is 6.04 Å². The summed E-state index contributed by atoms with van der Waals surface area (Å²) in [6.45, 7) is 4.47. The maximum Gasteiger partial charge on any atom is 0.387 e. The topological polar surface area (TPSA) is 84.1 Å². The van der Waals surface area contributed by atoms with E-state index in [4.69, 9.17) is 0 Å². The summed E-state index contributed by atoms with van der Waals surface area (Å²) in [5, 5.41) is 2.86. The third kappa shape index (κ3) is 5.11. The maximum atomic E-state index is 12.5. The highest BCUT2D eigenvalue weighted by Gasteiger charge is 2.29. The first kappa shape index (κ1) is 19.6. The van der Waals surface area contributed by atoms with Crippen LogP contribution in [0.1, 0.15) is 48.7 Å². The van der Waals surface area contributed by atoms with Gasteiger partial charge in [0.15, 0.2) is 0 Å². The summed E-state index contributed by atoms with van der Waals surface area (Å²) in [5.41, 5.74) is -0.0626. The highest BCUT2D eigenvalue weighted by atomic mass is 19.3. The Bertz CT molecular complexity index is 827. The second kappa shape index (κ2) is 7.63. The Morgan fingerprint density at radius 2 is 1.85 bits per heavy atom. The number of hydrogen-bond acceptors (Lipinski definition) is 4. The van der Waals surface area contributed by atoms with Crippen molar-refractivity contribution in [1.82, 2.24) is 15.3 Å². The minimum absolute atomic E-state index is 0.0122. The van der Waals surface area contributed by atoms with E-state index in [-0.39, 0.29) is 16.9 Å². The molecule has 0 saturated carbocycles. The number of nitrogens with one attached hydrogen (secondary N) is 2. The lowest BCUT2D eigenvalue weighted by atomic mass is 9.82. The zero-order valence-electron chi connectivity index (χ0n) is 15.0. The number of benzene rings is 1. The molecule has 0 bridgehead atoms. The van der Waals surface area contributed by atoms with Gasteiger partial charge < -0.3 is 15.0 Å². The number of aromatic amines is 1. The van der Waals surface area contributed by atoms with Gasteiger partial charge in [-0.3, -0.25) is 9.59 Å². The standard InChI is InChI=1S/C18H21F2N3O3/c1-10-21-13(9-14(24)22-10)16(25)23-15(18(2,3)4)11-5-7-12(8-6-11)26-17(19)20/h5-9,15,17H,1-4H3,(H,23,25)(H,21,22,24)/t15-/m0/s1. The Kier molecular flexibility index (Phi) is 5.74. The number of nitrogens with zero attached hydrogens (tertiary/aromatic N) is 1. The average molecular weight is 365 g/mol. The van der Waals surface area contributed by atoms with Gasteiger partial charge in [0.1, 0.15) is 17.3 Å². The predicted octanol–water partition coefficient (Wildman–Crippen LogP) is 3.20. The van der Waals surface area contributed by atoms with Gasteiger partial charge in [-0.05, 0) is 30.0 Å². The van der Waals surface area contributed by atoms with Gasteiger partial charge in [-0.25, -0.2) is 4.98 Å².